The van der Waals surface area contributed by atoms with E-state index in [0.29, 0.717) is 12.5 Å². The van der Waals surface area contributed by atoms with Crippen LogP contribution in [0.25, 0.3) is 0 Å². The van der Waals surface area contributed by atoms with Crippen molar-refractivity contribution >= 4 is 11.6 Å². The summed E-state index contributed by atoms with van der Waals surface area (Å²) >= 11 is 6.15. The van der Waals surface area contributed by atoms with Crippen LogP contribution in [0.1, 0.15) is 80.6 Å². The molecule has 156 valence electrons. The summed E-state index contributed by atoms with van der Waals surface area (Å²) in [5.41, 5.74) is 2.37. The molecule has 0 amide bonds. The molecule has 2 aromatic rings. The van der Waals surface area contributed by atoms with Crippen molar-refractivity contribution in [1.82, 2.24) is 19.9 Å². The Hall–Kier alpha value is -1.43. The lowest BCUT2D eigenvalue weighted by Crippen LogP contribution is -2.48. The largest absolute Gasteiger partial charge is 0.390 e. The molecule has 5 rings (SSSR count). The molecule has 0 radical (unpaired) electrons. The van der Waals surface area contributed by atoms with Crippen molar-refractivity contribution in [3.05, 3.63) is 46.7 Å². The highest BCUT2D eigenvalue weighted by Gasteiger charge is 2.38. The van der Waals surface area contributed by atoms with Crippen molar-refractivity contribution in [3.8, 4) is 0 Å². The number of aliphatic hydroxyl groups excluding tert-OH is 1. The summed E-state index contributed by atoms with van der Waals surface area (Å²) in [5, 5.41) is 20.6. The van der Waals surface area contributed by atoms with Gasteiger partial charge in [-0.1, -0.05) is 48.2 Å². The maximum absolute atomic E-state index is 11.0. The SMILES string of the molecule is O[C@H]1CN(CC2CCCCC2)[C@@H](c2ccc(Cl)cc2)C[C@H]1n1cc(C2CC2)nn1. The van der Waals surface area contributed by atoms with Crippen LogP contribution in [0.3, 0.4) is 0 Å². The topological polar surface area (TPSA) is 54.2 Å². The van der Waals surface area contributed by atoms with Gasteiger partial charge < -0.3 is 5.11 Å². The van der Waals surface area contributed by atoms with Gasteiger partial charge in [0.05, 0.1) is 17.8 Å². The van der Waals surface area contributed by atoms with E-state index in [4.69, 9.17) is 11.6 Å². The van der Waals surface area contributed by atoms with Gasteiger partial charge in [-0.3, -0.25) is 4.90 Å². The highest BCUT2D eigenvalue weighted by atomic mass is 35.5. The molecule has 2 saturated carbocycles. The first-order valence-electron chi connectivity index (χ1n) is 11.3. The molecule has 0 bridgehead atoms. The molecular weight excluding hydrogens is 384 g/mol. The Bertz CT molecular complexity index is 813. The lowest BCUT2D eigenvalue weighted by atomic mass is 9.85. The number of benzene rings is 1. The van der Waals surface area contributed by atoms with Crippen molar-refractivity contribution < 1.29 is 5.11 Å². The number of aliphatic hydroxyl groups is 1. The Kier molecular flexibility index (Phi) is 5.63. The minimum atomic E-state index is -0.420. The molecule has 6 heteroatoms. The molecule has 1 aromatic heterocycles. The van der Waals surface area contributed by atoms with Crippen LogP contribution in [0.5, 0.6) is 0 Å². The number of hydrogen-bond acceptors (Lipinski definition) is 4. The first-order chi connectivity index (χ1) is 14.2. The van der Waals surface area contributed by atoms with Crippen molar-refractivity contribution in [3.63, 3.8) is 0 Å². The molecular formula is C23H31ClN4O. The Morgan fingerprint density at radius 2 is 1.79 bits per heavy atom. The highest BCUT2D eigenvalue weighted by molar-refractivity contribution is 6.30. The van der Waals surface area contributed by atoms with E-state index < -0.39 is 6.10 Å². The number of piperidine rings is 1. The van der Waals surface area contributed by atoms with Crippen LogP contribution < -0.4 is 0 Å². The lowest BCUT2D eigenvalue weighted by Gasteiger charge is -2.44. The lowest BCUT2D eigenvalue weighted by molar-refractivity contribution is -0.0181. The summed E-state index contributed by atoms with van der Waals surface area (Å²) in [5.74, 6) is 1.33. The summed E-state index contributed by atoms with van der Waals surface area (Å²) in [7, 11) is 0. The second-order valence-corrected chi connectivity index (χ2v) is 9.73. The van der Waals surface area contributed by atoms with Crippen LogP contribution >= 0.6 is 11.6 Å². The second-order valence-electron chi connectivity index (χ2n) is 9.29. The smallest absolute Gasteiger partial charge is 0.0892 e. The molecule has 5 nitrogen and oxygen atoms in total. The molecule has 2 aliphatic carbocycles. The van der Waals surface area contributed by atoms with E-state index >= 15 is 0 Å². The molecule has 2 heterocycles. The maximum Gasteiger partial charge on any atom is 0.0892 e. The number of β-amino-alcohol motifs (C(OH)–C–C–N with tert-alkyl or cyclic N) is 1. The zero-order chi connectivity index (χ0) is 19.8. The summed E-state index contributed by atoms with van der Waals surface area (Å²) in [6, 6.07) is 8.50. The van der Waals surface area contributed by atoms with E-state index in [9.17, 15) is 5.11 Å². The number of rotatable bonds is 5. The summed E-state index contributed by atoms with van der Waals surface area (Å²) < 4.78 is 1.93. The fourth-order valence-corrected chi connectivity index (χ4v) is 5.39. The van der Waals surface area contributed by atoms with Crippen molar-refractivity contribution in [2.45, 2.75) is 75.5 Å². The fourth-order valence-electron chi connectivity index (χ4n) is 5.26. The van der Waals surface area contributed by atoms with Gasteiger partial charge >= 0.3 is 0 Å². The predicted octanol–water partition coefficient (Wildman–Crippen LogP) is 4.74. The average Bonchev–Trinajstić information content (AvgIpc) is 3.47. The molecule has 3 fully saturated rings. The van der Waals surface area contributed by atoms with Gasteiger partial charge in [-0.2, -0.15) is 0 Å². The third-order valence-electron chi connectivity index (χ3n) is 7.11. The molecule has 0 unspecified atom stereocenters. The molecule has 1 aromatic carbocycles. The first kappa shape index (κ1) is 19.5. The van der Waals surface area contributed by atoms with E-state index in [0.717, 1.165) is 29.6 Å². The van der Waals surface area contributed by atoms with Gasteiger partial charge in [0.15, 0.2) is 0 Å². The number of aromatic nitrogens is 3. The van der Waals surface area contributed by atoms with Crippen LogP contribution in [-0.4, -0.2) is 44.2 Å². The Morgan fingerprint density at radius 1 is 1.03 bits per heavy atom. The molecule has 29 heavy (non-hydrogen) atoms. The minimum absolute atomic E-state index is 0.0294. The van der Waals surface area contributed by atoms with E-state index in [2.05, 4.69) is 33.5 Å². The normalized spacial score (nSPS) is 29.2. The summed E-state index contributed by atoms with van der Waals surface area (Å²) in [4.78, 5) is 2.51. The van der Waals surface area contributed by atoms with Gasteiger partial charge in [0.25, 0.3) is 0 Å². The van der Waals surface area contributed by atoms with Gasteiger partial charge in [-0.25, -0.2) is 4.68 Å². The summed E-state index contributed by atoms with van der Waals surface area (Å²) in [6.07, 6.45) is 11.6. The number of hydrogen-bond donors (Lipinski definition) is 1. The molecule has 1 aliphatic heterocycles. The third kappa shape index (κ3) is 4.37. The molecule has 0 spiro atoms. The van der Waals surface area contributed by atoms with Gasteiger partial charge in [-0.15, -0.1) is 5.10 Å². The van der Waals surface area contributed by atoms with Crippen molar-refractivity contribution in [1.29, 1.82) is 0 Å². The Balaban J connectivity index is 1.38. The van der Waals surface area contributed by atoms with Crippen LogP contribution in [-0.2, 0) is 0 Å². The van der Waals surface area contributed by atoms with Gasteiger partial charge in [0.2, 0.25) is 0 Å². The number of halogens is 1. The van der Waals surface area contributed by atoms with Gasteiger partial charge in [0.1, 0.15) is 0 Å². The van der Waals surface area contributed by atoms with E-state index in [-0.39, 0.29) is 12.1 Å². The molecule has 3 atom stereocenters. The standard InChI is InChI=1S/C23H31ClN4O/c24-19-10-8-18(9-11-19)21-12-22(28-14-20(25-26-28)17-6-7-17)23(29)15-27(21)13-16-4-2-1-3-5-16/h8-11,14,16-17,21-23,29H,1-7,12-13,15H2/t21-,22-,23+/m1/s1. The maximum atomic E-state index is 11.0. The molecule has 1 saturated heterocycles. The number of nitrogens with zero attached hydrogens (tertiary/aromatic N) is 4. The van der Waals surface area contributed by atoms with Crippen molar-refractivity contribution in [2.24, 2.45) is 5.92 Å². The van der Waals surface area contributed by atoms with Crippen LogP contribution in [0.4, 0.5) is 0 Å². The van der Waals surface area contributed by atoms with E-state index in [1.165, 1.54) is 50.5 Å². The van der Waals surface area contributed by atoms with Crippen LogP contribution in [0.15, 0.2) is 30.5 Å². The van der Waals surface area contributed by atoms with Crippen molar-refractivity contribution in [2.75, 3.05) is 13.1 Å². The zero-order valence-electron chi connectivity index (χ0n) is 17.0. The minimum Gasteiger partial charge on any atom is -0.390 e. The van der Waals surface area contributed by atoms with E-state index in [1.54, 1.807) is 0 Å². The monoisotopic (exact) mass is 414 g/mol. The Labute approximate surface area is 178 Å². The van der Waals surface area contributed by atoms with Gasteiger partial charge in [-0.05, 0) is 55.7 Å². The quantitative estimate of drug-likeness (QED) is 0.767. The molecule has 3 aliphatic rings. The Morgan fingerprint density at radius 3 is 2.52 bits per heavy atom. The third-order valence-corrected chi connectivity index (χ3v) is 7.36. The number of likely N-dealkylation sites (tertiary alicyclic amines) is 1. The van der Waals surface area contributed by atoms with Crippen LogP contribution in [0, 0.1) is 5.92 Å². The fraction of sp³-hybridized carbons (Fsp3) is 0.652. The van der Waals surface area contributed by atoms with E-state index in [1.807, 2.05) is 16.8 Å². The summed E-state index contributed by atoms with van der Waals surface area (Å²) in [6.45, 7) is 1.76. The van der Waals surface area contributed by atoms with Crippen LogP contribution in [0.2, 0.25) is 5.02 Å². The predicted molar refractivity (Wildman–Crippen MR) is 114 cm³/mol. The highest BCUT2D eigenvalue weighted by Crippen LogP contribution is 2.41. The van der Waals surface area contributed by atoms with Gasteiger partial charge in [0, 0.05) is 36.3 Å². The first-order valence-corrected chi connectivity index (χ1v) is 11.6. The molecule has 1 N–H and O–H groups in total. The average molecular weight is 415 g/mol. The second kappa shape index (κ2) is 8.37. The zero-order valence-corrected chi connectivity index (χ0v) is 17.7.